The van der Waals surface area contributed by atoms with Crippen LogP contribution in [0.5, 0.6) is 0 Å². The van der Waals surface area contributed by atoms with Crippen molar-refractivity contribution in [3.63, 3.8) is 0 Å². The number of nitrogens with one attached hydrogen (secondary N) is 1. The lowest BCUT2D eigenvalue weighted by Crippen LogP contribution is -2.53. The van der Waals surface area contributed by atoms with Crippen LogP contribution < -0.4 is 5.32 Å². The van der Waals surface area contributed by atoms with E-state index < -0.39 is 0 Å². The smallest absolute Gasteiger partial charge is 0.220 e. The molecule has 2 aromatic rings. The Hall–Kier alpha value is -2.09. The number of fused-ring (bicyclic) bond motifs is 3. The minimum Gasteiger partial charge on any atom is -0.342 e. The zero-order valence-electron chi connectivity index (χ0n) is 11.3. The summed E-state index contributed by atoms with van der Waals surface area (Å²) in [6.45, 7) is 0. The number of carbonyl (C=O) groups is 1. The number of hydrogen-bond donors (Lipinski definition) is 1. The van der Waals surface area contributed by atoms with Gasteiger partial charge in [0, 0.05) is 6.42 Å². The highest BCUT2D eigenvalue weighted by molar-refractivity contribution is 5.80. The highest BCUT2D eigenvalue weighted by Crippen LogP contribution is 2.49. The first kappa shape index (κ1) is 11.7. The van der Waals surface area contributed by atoms with Gasteiger partial charge in [-0.25, -0.2) is 0 Å². The molecule has 1 heterocycles. The summed E-state index contributed by atoms with van der Waals surface area (Å²) in [5.74, 6) is 0.641. The van der Waals surface area contributed by atoms with E-state index in [2.05, 4.69) is 53.8 Å². The van der Waals surface area contributed by atoms with Gasteiger partial charge in [0.25, 0.3) is 0 Å². The molecular weight excluding hydrogens is 246 g/mol. The maximum absolute atomic E-state index is 12.1. The second-order valence-corrected chi connectivity index (χ2v) is 5.82. The molecule has 1 aliphatic carbocycles. The van der Waals surface area contributed by atoms with Gasteiger partial charge in [0.2, 0.25) is 5.91 Å². The van der Waals surface area contributed by atoms with Crippen LogP contribution in [-0.4, -0.2) is 5.91 Å². The van der Waals surface area contributed by atoms with Gasteiger partial charge in [-0.15, -0.1) is 0 Å². The van der Waals surface area contributed by atoms with E-state index in [4.69, 9.17) is 0 Å². The van der Waals surface area contributed by atoms with Gasteiger partial charge in [-0.3, -0.25) is 4.79 Å². The van der Waals surface area contributed by atoms with Crippen LogP contribution in [0.2, 0.25) is 0 Å². The zero-order valence-corrected chi connectivity index (χ0v) is 11.3. The number of rotatable bonds is 1. The molecule has 100 valence electrons. The summed E-state index contributed by atoms with van der Waals surface area (Å²) in [4.78, 5) is 12.1. The van der Waals surface area contributed by atoms with E-state index in [1.807, 2.05) is 6.07 Å². The predicted molar refractivity (Wildman–Crippen MR) is 78.2 cm³/mol. The molecule has 4 rings (SSSR count). The standard InChI is InChI=1S/C18H17NO/c20-17-11-10-15-12-13-6-4-5-9-16(13)18(15,19-17)14-7-2-1-3-8-14/h1-9,15H,10-12H2,(H,19,20). The van der Waals surface area contributed by atoms with Crippen LogP contribution in [0.3, 0.4) is 0 Å². The molecule has 2 heteroatoms. The maximum atomic E-state index is 12.1. The lowest BCUT2D eigenvalue weighted by molar-refractivity contribution is -0.125. The topological polar surface area (TPSA) is 29.1 Å². The number of benzene rings is 2. The first-order valence-corrected chi connectivity index (χ1v) is 7.25. The van der Waals surface area contributed by atoms with Crippen molar-refractivity contribution in [3.05, 3.63) is 71.3 Å². The fraction of sp³-hybridized carbons (Fsp3) is 0.278. The summed E-state index contributed by atoms with van der Waals surface area (Å²) < 4.78 is 0. The molecule has 0 aromatic heterocycles. The van der Waals surface area contributed by atoms with Gasteiger partial charge in [-0.05, 0) is 35.4 Å². The summed E-state index contributed by atoms with van der Waals surface area (Å²) in [6, 6.07) is 19.0. The fourth-order valence-electron chi connectivity index (χ4n) is 3.96. The molecular formula is C18H17NO. The summed E-state index contributed by atoms with van der Waals surface area (Å²) >= 11 is 0. The van der Waals surface area contributed by atoms with Crippen molar-refractivity contribution in [2.45, 2.75) is 24.8 Å². The lowest BCUT2D eigenvalue weighted by atomic mass is 9.73. The second kappa shape index (κ2) is 4.20. The van der Waals surface area contributed by atoms with Crippen molar-refractivity contribution < 1.29 is 4.79 Å². The molecule has 0 bridgehead atoms. The SMILES string of the molecule is O=C1CCC2Cc3ccccc3C2(c2ccccc2)N1. The van der Waals surface area contributed by atoms with E-state index in [-0.39, 0.29) is 11.4 Å². The predicted octanol–water partition coefficient (Wildman–Crippen LogP) is 3.01. The molecule has 1 amide bonds. The third-order valence-corrected chi connectivity index (χ3v) is 4.81. The summed E-state index contributed by atoms with van der Waals surface area (Å²) in [5.41, 5.74) is 3.56. The van der Waals surface area contributed by atoms with Gasteiger partial charge >= 0.3 is 0 Å². The van der Waals surface area contributed by atoms with Gasteiger partial charge in [0.05, 0.1) is 5.54 Å². The van der Waals surface area contributed by atoms with Crippen LogP contribution in [0.15, 0.2) is 54.6 Å². The average Bonchev–Trinajstić information content (AvgIpc) is 2.83. The molecule has 2 aliphatic rings. The van der Waals surface area contributed by atoms with Crippen LogP contribution in [0.25, 0.3) is 0 Å². The normalized spacial score (nSPS) is 27.6. The highest BCUT2D eigenvalue weighted by Gasteiger charge is 2.50. The Labute approximate surface area is 118 Å². The molecule has 1 N–H and O–H groups in total. The van der Waals surface area contributed by atoms with Crippen molar-refractivity contribution in [3.8, 4) is 0 Å². The Morgan fingerprint density at radius 1 is 1.00 bits per heavy atom. The molecule has 2 atom stereocenters. The number of hydrogen-bond acceptors (Lipinski definition) is 1. The van der Waals surface area contributed by atoms with E-state index in [0.717, 1.165) is 12.8 Å². The van der Waals surface area contributed by atoms with E-state index in [9.17, 15) is 4.79 Å². The Bertz CT molecular complexity index is 664. The average molecular weight is 263 g/mol. The van der Waals surface area contributed by atoms with Crippen molar-refractivity contribution in [1.29, 1.82) is 0 Å². The van der Waals surface area contributed by atoms with Crippen LogP contribution >= 0.6 is 0 Å². The van der Waals surface area contributed by atoms with E-state index >= 15 is 0 Å². The summed E-state index contributed by atoms with van der Waals surface area (Å²) in [7, 11) is 0. The first-order valence-electron chi connectivity index (χ1n) is 7.25. The first-order chi connectivity index (χ1) is 9.80. The van der Waals surface area contributed by atoms with E-state index in [0.29, 0.717) is 12.3 Å². The van der Waals surface area contributed by atoms with Crippen LogP contribution in [0, 0.1) is 5.92 Å². The van der Waals surface area contributed by atoms with Crippen molar-refractivity contribution in [2.75, 3.05) is 0 Å². The third kappa shape index (κ3) is 1.48. The largest absolute Gasteiger partial charge is 0.342 e. The third-order valence-electron chi connectivity index (χ3n) is 4.81. The minimum absolute atomic E-state index is 0.168. The quantitative estimate of drug-likeness (QED) is 0.842. The van der Waals surface area contributed by atoms with Gasteiger partial charge < -0.3 is 5.32 Å². The van der Waals surface area contributed by atoms with E-state index in [1.54, 1.807) is 0 Å². The van der Waals surface area contributed by atoms with Gasteiger partial charge in [0.15, 0.2) is 0 Å². The molecule has 0 radical (unpaired) electrons. The highest BCUT2D eigenvalue weighted by atomic mass is 16.1. The maximum Gasteiger partial charge on any atom is 0.220 e. The Kier molecular flexibility index (Phi) is 2.46. The molecule has 2 nitrogen and oxygen atoms in total. The monoisotopic (exact) mass is 263 g/mol. The summed E-state index contributed by atoms with van der Waals surface area (Å²) in [5, 5.41) is 3.33. The van der Waals surface area contributed by atoms with Crippen LogP contribution in [-0.2, 0) is 16.8 Å². The summed E-state index contributed by atoms with van der Waals surface area (Å²) in [6.07, 6.45) is 2.67. The molecule has 0 spiro atoms. The van der Waals surface area contributed by atoms with Crippen LogP contribution in [0.4, 0.5) is 0 Å². The number of amides is 1. The van der Waals surface area contributed by atoms with Gasteiger partial charge in [0.1, 0.15) is 0 Å². The molecule has 0 saturated carbocycles. The molecule has 1 aliphatic heterocycles. The fourth-order valence-corrected chi connectivity index (χ4v) is 3.96. The van der Waals surface area contributed by atoms with Gasteiger partial charge in [-0.2, -0.15) is 0 Å². The molecule has 2 unspecified atom stereocenters. The minimum atomic E-state index is -0.312. The Morgan fingerprint density at radius 3 is 2.60 bits per heavy atom. The Balaban J connectivity index is 1.97. The van der Waals surface area contributed by atoms with E-state index in [1.165, 1.54) is 16.7 Å². The van der Waals surface area contributed by atoms with Crippen molar-refractivity contribution >= 4 is 5.91 Å². The number of piperidine rings is 1. The number of carbonyl (C=O) groups excluding carboxylic acids is 1. The van der Waals surface area contributed by atoms with Gasteiger partial charge in [-0.1, -0.05) is 54.6 Å². The lowest BCUT2D eigenvalue weighted by Gasteiger charge is -2.41. The van der Waals surface area contributed by atoms with Crippen molar-refractivity contribution in [1.82, 2.24) is 5.32 Å². The molecule has 2 aromatic carbocycles. The van der Waals surface area contributed by atoms with Crippen molar-refractivity contribution in [2.24, 2.45) is 5.92 Å². The second-order valence-electron chi connectivity index (χ2n) is 5.82. The zero-order chi connectivity index (χ0) is 13.6. The Morgan fingerprint density at radius 2 is 1.75 bits per heavy atom. The van der Waals surface area contributed by atoms with Crippen LogP contribution in [0.1, 0.15) is 29.5 Å². The molecule has 1 saturated heterocycles. The molecule has 1 fully saturated rings. The molecule has 20 heavy (non-hydrogen) atoms.